The van der Waals surface area contributed by atoms with Gasteiger partial charge in [-0.3, -0.25) is 9.59 Å². The molecule has 0 atom stereocenters. The first-order valence-corrected chi connectivity index (χ1v) is 8.09. The molecule has 0 saturated heterocycles. The van der Waals surface area contributed by atoms with Crippen LogP contribution in [0.4, 0.5) is 0 Å². The highest BCUT2D eigenvalue weighted by molar-refractivity contribution is 6.04. The highest BCUT2D eigenvalue weighted by Crippen LogP contribution is 2.26. The lowest BCUT2D eigenvalue weighted by Crippen LogP contribution is -2.05. The first-order valence-electron chi connectivity index (χ1n) is 8.09. The number of phenols is 1. The van der Waals surface area contributed by atoms with Crippen molar-refractivity contribution in [1.29, 1.82) is 0 Å². The number of benzene rings is 1. The van der Waals surface area contributed by atoms with E-state index in [1.54, 1.807) is 36.4 Å². The lowest BCUT2D eigenvalue weighted by atomic mass is 10.1. The summed E-state index contributed by atoms with van der Waals surface area (Å²) in [5.41, 5.74) is 1.37. The third-order valence-corrected chi connectivity index (χ3v) is 3.69. The number of methoxy groups -OCH3 is 2. The lowest BCUT2D eigenvalue weighted by Gasteiger charge is -2.07. The van der Waals surface area contributed by atoms with Gasteiger partial charge >= 0.3 is 0 Å². The second-order valence-corrected chi connectivity index (χ2v) is 5.62. The number of aliphatic hydroxyl groups is 1. The number of aliphatic hydroxyl groups excluding tert-OH is 1. The van der Waals surface area contributed by atoms with Crippen LogP contribution in [0.3, 0.4) is 0 Å². The van der Waals surface area contributed by atoms with Crippen molar-refractivity contribution in [3.05, 3.63) is 77.3 Å². The van der Waals surface area contributed by atoms with E-state index in [0.717, 1.165) is 6.08 Å². The van der Waals surface area contributed by atoms with Crippen molar-refractivity contribution >= 4 is 17.6 Å². The van der Waals surface area contributed by atoms with Crippen LogP contribution in [0.15, 0.2) is 71.7 Å². The molecule has 0 heterocycles. The fourth-order valence-corrected chi connectivity index (χ4v) is 2.28. The summed E-state index contributed by atoms with van der Waals surface area (Å²) < 4.78 is 9.96. The van der Waals surface area contributed by atoms with E-state index in [2.05, 4.69) is 0 Å². The van der Waals surface area contributed by atoms with Gasteiger partial charge in [-0.15, -0.1) is 0 Å². The van der Waals surface area contributed by atoms with Gasteiger partial charge in [0, 0.05) is 12.5 Å². The van der Waals surface area contributed by atoms with E-state index < -0.39 is 0 Å². The van der Waals surface area contributed by atoms with E-state index in [-0.39, 0.29) is 35.3 Å². The SMILES string of the molecule is COC1=CC(=CCC(=O)C=C(O)C=Cc2ccc(O)c(OC)c2)C=CC1=O. The Morgan fingerprint density at radius 3 is 2.67 bits per heavy atom. The molecule has 0 aromatic heterocycles. The highest BCUT2D eigenvalue weighted by atomic mass is 16.5. The zero-order valence-corrected chi connectivity index (χ0v) is 15.0. The molecule has 0 unspecified atom stereocenters. The Kier molecular flexibility index (Phi) is 6.77. The minimum absolute atomic E-state index is 0.0155. The number of carbonyl (C=O) groups excluding carboxylic acids is 2. The predicted molar refractivity (Wildman–Crippen MR) is 101 cm³/mol. The summed E-state index contributed by atoms with van der Waals surface area (Å²) in [4.78, 5) is 23.4. The van der Waals surface area contributed by atoms with Gasteiger partial charge in [0.05, 0.1) is 14.2 Å². The normalized spacial score (nSPS) is 15.9. The number of rotatable bonds is 7. The van der Waals surface area contributed by atoms with E-state index in [9.17, 15) is 19.8 Å². The maximum Gasteiger partial charge on any atom is 0.220 e. The average molecular weight is 368 g/mol. The van der Waals surface area contributed by atoms with Crippen molar-refractivity contribution < 1.29 is 29.3 Å². The average Bonchev–Trinajstić information content (AvgIpc) is 2.66. The van der Waals surface area contributed by atoms with Gasteiger partial charge in [-0.05, 0) is 41.5 Å². The van der Waals surface area contributed by atoms with Crippen molar-refractivity contribution in [2.75, 3.05) is 14.2 Å². The van der Waals surface area contributed by atoms with E-state index >= 15 is 0 Å². The van der Waals surface area contributed by atoms with Gasteiger partial charge in [0.15, 0.2) is 23.0 Å². The van der Waals surface area contributed by atoms with Crippen molar-refractivity contribution in [2.24, 2.45) is 0 Å². The molecule has 6 nitrogen and oxygen atoms in total. The largest absolute Gasteiger partial charge is 0.508 e. The first-order chi connectivity index (χ1) is 12.9. The third-order valence-electron chi connectivity index (χ3n) is 3.69. The van der Waals surface area contributed by atoms with Gasteiger partial charge in [0.2, 0.25) is 5.78 Å². The molecule has 0 bridgehead atoms. The summed E-state index contributed by atoms with van der Waals surface area (Å²) in [7, 11) is 2.84. The Labute approximate surface area is 157 Å². The summed E-state index contributed by atoms with van der Waals surface area (Å²) in [6.07, 6.45) is 10.3. The second kappa shape index (κ2) is 9.24. The predicted octanol–water partition coefficient (Wildman–Crippen LogP) is 3.41. The van der Waals surface area contributed by atoms with Gasteiger partial charge in [0.25, 0.3) is 0 Å². The van der Waals surface area contributed by atoms with Crippen LogP contribution in [0.1, 0.15) is 12.0 Å². The zero-order valence-electron chi connectivity index (χ0n) is 15.0. The molecule has 2 N–H and O–H groups in total. The second-order valence-electron chi connectivity index (χ2n) is 5.62. The monoisotopic (exact) mass is 368 g/mol. The van der Waals surface area contributed by atoms with Crippen LogP contribution in [0.2, 0.25) is 0 Å². The van der Waals surface area contributed by atoms with Gasteiger partial charge in [0.1, 0.15) is 5.76 Å². The number of allylic oxidation sites excluding steroid dienone is 7. The molecular weight excluding hydrogens is 348 g/mol. The Morgan fingerprint density at radius 2 is 1.96 bits per heavy atom. The van der Waals surface area contributed by atoms with E-state index in [0.29, 0.717) is 16.9 Å². The first kappa shape index (κ1) is 19.8. The van der Waals surface area contributed by atoms with Crippen molar-refractivity contribution in [1.82, 2.24) is 0 Å². The number of phenolic OH excluding ortho intramolecular Hbond substituents is 1. The van der Waals surface area contributed by atoms with Crippen LogP contribution >= 0.6 is 0 Å². The molecule has 6 heteroatoms. The summed E-state index contributed by atoms with van der Waals surface area (Å²) in [5.74, 6) is -0.192. The minimum atomic E-state index is -0.300. The Morgan fingerprint density at radius 1 is 1.19 bits per heavy atom. The van der Waals surface area contributed by atoms with Crippen molar-refractivity contribution in [3.63, 3.8) is 0 Å². The molecule has 0 saturated carbocycles. The van der Waals surface area contributed by atoms with Crippen LogP contribution < -0.4 is 4.74 Å². The van der Waals surface area contributed by atoms with E-state index in [1.807, 2.05) is 0 Å². The number of hydrogen-bond acceptors (Lipinski definition) is 6. The molecule has 0 amide bonds. The van der Waals surface area contributed by atoms with E-state index in [4.69, 9.17) is 9.47 Å². The third kappa shape index (κ3) is 5.74. The summed E-state index contributed by atoms with van der Waals surface area (Å²) in [6.45, 7) is 0. The fourth-order valence-electron chi connectivity index (χ4n) is 2.28. The van der Waals surface area contributed by atoms with Crippen LogP contribution in [-0.4, -0.2) is 36.0 Å². The molecule has 140 valence electrons. The zero-order chi connectivity index (χ0) is 19.8. The van der Waals surface area contributed by atoms with Crippen LogP contribution in [0.25, 0.3) is 6.08 Å². The quantitative estimate of drug-likeness (QED) is 0.435. The molecule has 2 rings (SSSR count). The summed E-state index contributed by atoms with van der Waals surface area (Å²) >= 11 is 0. The lowest BCUT2D eigenvalue weighted by molar-refractivity contribution is -0.114. The number of ether oxygens (including phenoxy) is 2. The Bertz CT molecular complexity index is 884. The molecule has 0 radical (unpaired) electrons. The molecule has 27 heavy (non-hydrogen) atoms. The molecule has 1 aromatic rings. The molecular formula is C21H20O6. The van der Waals surface area contributed by atoms with Crippen molar-refractivity contribution in [3.8, 4) is 11.5 Å². The molecule has 0 fully saturated rings. The van der Waals surface area contributed by atoms with Crippen LogP contribution in [0, 0.1) is 0 Å². The topological polar surface area (TPSA) is 93.1 Å². The van der Waals surface area contributed by atoms with Gasteiger partial charge in [-0.25, -0.2) is 0 Å². The molecule has 0 spiro atoms. The number of aromatic hydroxyl groups is 1. The Hall–Kier alpha value is -3.54. The maximum absolute atomic E-state index is 12.0. The standard InChI is InChI=1S/C21H20O6/c1-26-20-11-14(5-9-18(20)24)3-7-16(22)13-17(23)8-4-15-6-10-19(25)21(12-15)27-2/h3-7,9-13,22,24H,8H2,1-2H3. The number of carbonyl (C=O) groups is 2. The van der Waals surface area contributed by atoms with Crippen LogP contribution in [-0.2, 0) is 14.3 Å². The van der Waals surface area contributed by atoms with E-state index in [1.165, 1.54) is 32.4 Å². The van der Waals surface area contributed by atoms with Crippen molar-refractivity contribution in [2.45, 2.75) is 6.42 Å². The Balaban J connectivity index is 2.00. The molecule has 0 aliphatic heterocycles. The van der Waals surface area contributed by atoms with Gasteiger partial charge in [-0.2, -0.15) is 0 Å². The maximum atomic E-state index is 12.0. The molecule has 1 aromatic carbocycles. The highest BCUT2D eigenvalue weighted by Gasteiger charge is 2.11. The van der Waals surface area contributed by atoms with Gasteiger partial charge in [-0.1, -0.05) is 24.3 Å². The number of ketones is 2. The van der Waals surface area contributed by atoms with Gasteiger partial charge < -0.3 is 19.7 Å². The summed E-state index contributed by atoms with van der Waals surface area (Å²) in [5, 5.41) is 19.4. The summed E-state index contributed by atoms with van der Waals surface area (Å²) in [6, 6.07) is 4.72. The fraction of sp³-hybridized carbons (Fsp3) is 0.143. The molecule has 1 aliphatic rings. The minimum Gasteiger partial charge on any atom is -0.508 e. The number of hydrogen-bond donors (Lipinski definition) is 2. The smallest absolute Gasteiger partial charge is 0.220 e. The van der Waals surface area contributed by atoms with Crippen LogP contribution in [0.5, 0.6) is 11.5 Å². The molecule has 1 aliphatic carbocycles.